The summed E-state index contributed by atoms with van der Waals surface area (Å²) in [5, 5.41) is 4.26. The lowest BCUT2D eigenvalue weighted by Gasteiger charge is -2.22. The second kappa shape index (κ2) is 6.07. The molecule has 1 fully saturated rings. The Morgan fingerprint density at radius 1 is 1.45 bits per heavy atom. The van der Waals surface area contributed by atoms with Gasteiger partial charge in [0.1, 0.15) is 11.9 Å². The number of ether oxygens (including phenoxy) is 1. The number of aldehydes is 1. The Hall–Kier alpha value is -2.54. The number of nitrogens with two attached hydrogens (primary N) is 1. The molecule has 3 rings (SSSR count). The first-order chi connectivity index (χ1) is 10.7. The minimum absolute atomic E-state index is 0.193. The average Bonchev–Trinajstić information content (AvgIpc) is 3.00. The van der Waals surface area contributed by atoms with Crippen LogP contribution >= 0.6 is 0 Å². The van der Waals surface area contributed by atoms with Gasteiger partial charge in [-0.15, -0.1) is 0 Å². The van der Waals surface area contributed by atoms with Gasteiger partial charge < -0.3 is 10.5 Å². The molecule has 2 aromatic heterocycles. The van der Waals surface area contributed by atoms with E-state index >= 15 is 0 Å². The van der Waals surface area contributed by atoms with Crippen molar-refractivity contribution in [3.05, 3.63) is 35.8 Å². The van der Waals surface area contributed by atoms with Crippen LogP contribution in [0, 0.1) is 0 Å². The molecule has 0 aromatic carbocycles. The summed E-state index contributed by atoms with van der Waals surface area (Å²) in [6, 6.07) is 3.20. The van der Waals surface area contributed by atoms with Crippen molar-refractivity contribution in [1.29, 1.82) is 0 Å². The maximum Gasteiger partial charge on any atom is 0.250 e. The van der Waals surface area contributed by atoms with Crippen LogP contribution < -0.4 is 5.73 Å². The predicted molar refractivity (Wildman–Crippen MR) is 78.2 cm³/mol. The van der Waals surface area contributed by atoms with Crippen LogP contribution in [-0.4, -0.2) is 33.6 Å². The number of rotatable bonds is 4. The first-order valence-electron chi connectivity index (χ1n) is 7.12. The van der Waals surface area contributed by atoms with Gasteiger partial charge in [-0.1, -0.05) is 0 Å². The van der Waals surface area contributed by atoms with Crippen LogP contribution in [0.25, 0.3) is 11.3 Å². The predicted octanol–water partition coefficient (Wildman–Crippen LogP) is 1.56. The van der Waals surface area contributed by atoms with Gasteiger partial charge in [0.2, 0.25) is 0 Å². The van der Waals surface area contributed by atoms with E-state index in [0.29, 0.717) is 24.2 Å². The van der Waals surface area contributed by atoms with Crippen LogP contribution in [0.4, 0.5) is 0 Å². The Balaban J connectivity index is 2.05. The zero-order valence-electron chi connectivity index (χ0n) is 11.9. The highest BCUT2D eigenvalue weighted by Gasteiger charge is 2.22. The summed E-state index contributed by atoms with van der Waals surface area (Å²) >= 11 is 0. The van der Waals surface area contributed by atoms with Crippen molar-refractivity contribution >= 4 is 12.2 Å². The van der Waals surface area contributed by atoms with Crippen molar-refractivity contribution in [2.24, 2.45) is 5.73 Å². The van der Waals surface area contributed by atoms with E-state index in [-0.39, 0.29) is 17.5 Å². The molecule has 114 valence electrons. The fourth-order valence-electron chi connectivity index (χ4n) is 2.57. The molecule has 1 atom stereocenters. The Morgan fingerprint density at radius 2 is 2.32 bits per heavy atom. The minimum atomic E-state index is -0.596. The van der Waals surface area contributed by atoms with Gasteiger partial charge in [0, 0.05) is 24.6 Å². The van der Waals surface area contributed by atoms with Crippen molar-refractivity contribution in [2.45, 2.75) is 25.5 Å². The molecule has 7 nitrogen and oxygen atoms in total. The van der Waals surface area contributed by atoms with Crippen molar-refractivity contribution in [3.63, 3.8) is 0 Å². The van der Waals surface area contributed by atoms with Crippen molar-refractivity contribution in [1.82, 2.24) is 14.8 Å². The van der Waals surface area contributed by atoms with E-state index < -0.39 is 5.91 Å². The largest absolute Gasteiger partial charge is 0.366 e. The summed E-state index contributed by atoms with van der Waals surface area (Å²) in [6.45, 7) is 0.673. The molecular formula is C15H16N4O3. The highest BCUT2D eigenvalue weighted by molar-refractivity contribution is 6.00. The number of aromatic nitrogens is 3. The molecule has 1 aliphatic heterocycles. The van der Waals surface area contributed by atoms with Crippen LogP contribution in [0.5, 0.6) is 0 Å². The fraction of sp³-hybridized carbons (Fsp3) is 0.333. The second-order valence-corrected chi connectivity index (χ2v) is 5.11. The molecule has 0 spiro atoms. The normalized spacial score (nSPS) is 18.1. The maximum atomic E-state index is 11.5. The van der Waals surface area contributed by atoms with Gasteiger partial charge >= 0.3 is 0 Å². The molecule has 1 saturated heterocycles. The lowest BCUT2D eigenvalue weighted by atomic mass is 10.1. The quantitative estimate of drug-likeness (QED) is 0.863. The highest BCUT2D eigenvalue weighted by Crippen LogP contribution is 2.28. The van der Waals surface area contributed by atoms with Gasteiger partial charge in [0.15, 0.2) is 6.29 Å². The molecule has 0 bridgehead atoms. The number of pyridine rings is 1. The molecule has 2 aromatic rings. The summed E-state index contributed by atoms with van der Waals surface area (Å²) in [4.78, 5) is 27.0. The Morgan fingerprint density at radius 3 is 3.00 bits per heavy atom. The Labute approximate surface area is 127 Å². The van der Waals surface area contributed by atoms with Crippen molar-refractivity contribution < 1.29 is 14.3 Å². The number of primary amides is 1. The molecule has 3 heterocycles. The molecule has 0 aliphatic carbocycles. The van der Waals surface area contributed by atoms with Gasteiger partial charge in [0.25, 0.3) is 5.91 Å². The van der Waals surface area contributed by atoms with E-state index in [1.165, 1.54) is 0 Å². The van der Waals surface area contributed by atoms with Gasteiger partial charge in [0.05, 0.1) is 11.3 Å². The summed E-state index contributed by atoms with van der Waals surface area (Å²) in [6.07, 6.45) is 6.60. The van der Waals surface area contributed by atoms with E-state index in [2.05, 4.69) is 10.1 Å². The third-order valence-corrected chi connectivity index (χ3v) is 3.65. The van der Waals surface area contributed by atoms with Crippen molar-refractivity contribution in [2.75, 3.05) is 6.61 Å². The van der Waals surface area contributed by atoms with E-state index in [1.54, 1.807) is 29.2 Å². The highest BCUT2D eigenvalue weighted by atomic mass is 16.5. The molecular weight excluding hydrogens is 284 g/mol. The number of hydrogen-bond donors (Lipinski definition) is 1. The number of nitrogens with zero attached hydrogens (tertiary/aromatic N) is 3. The third kappa shape index (κ3) is 2.62. The average molecular weight is 300 g/mol. The topological polar surface area (TPSA) is 100 Å². The lowest BCUT2D eigenvalue weighted by molar-refractivity contribution is -0.0395. The first-order valence-corrected chi connectivity index (χ1v) is 7.12. The lowest BCUT2D eigenvalue weighted by Crippen LogP contribution is -2.18. The van der Waals surface area contributed by atoms with Crippen LogP contribution in [-0.2, 0) is 4.74 Å². The molecule has 0 saturated carbocycles. The Kier molecular flexibility index (Phi) is 3.97. The summed E-state index contributed by atoms with van der Waals surface area (Å²) < 4.78 is 7.29. The van der Waals surface area contributed by atoms with E-state index in [1.807, 2.05) is 0 Å². The molecule has 22 heavy (non-hydrogen) atoms. The summed E-state index contributed by atoms with van der Waals surface area (Å²) in [5.74, 6) is -0.596. The maximum absolute atomic E-state index is 11.5. The first kappa shape index (κ1) is 14.4. The van der Waals surface area contributed by atoms with Crippen LogP contribution in [0.3, 0.4) is 0 Å². The number of amides is 1. The van der Waals surface area contributed by atoms with Crippen LogP contribution in [0.2, 0.25) is 0 Å². The van der Waals surface area contributed by atoms with Crippen LogP contribution in [0.15, 0.2) is 24.5 Å². The molecule has 1 aliphatic rings. The SMILES string of the molecule is NC(=O)c1cccnc1-c1cn(C2CCCCO2)nc1C=O. The molecule has 2 N–H and O–H groups in total. The van der Waals surface area contributed by atoms with Gasteiger partial charge in [-0.3, -0.25) is 14.6 Å². The fourth-order valence-corrected chi connectivity index (χ4v) is 2.57. The number of carbonyl (C=O) groups is 2. The van der Waals surface area contributed by atoms with E-state index in [4.69, 9.17) is 10.5 Å². The Bertz CT molecular complexity index is 705. The summed E-state index contributed by atoms with van der Waals surface area (Å²) in [7, 11) is 0. The minimum Gasteiger partial charge on any atom is -0.366 e. The van der Waals surface area contributed by atoms with Gasteiger partial charge in [-0.25, -0.2) is 4.68 Å². The molecule has 0 radical (unpaired) electrons. The van der Waals surface area contributed by atoms with Crippen molar-refractivity contribution in [3.8, 4) is 11.3 Å². The zero-order chi connectivity index (χ0) is 15.5. The molecule has 1 amide bonds. The molecule has 1 unspecified atom stereocenters. The zero-order valence-corrected chi connectivity index (χ0v) is 11.9. The monoisotopic (exact) mass is 300 g/mol. The number of carbonyl (C=O) groups excluding carboxylic acids is 2. The van der Waals surface area contributed by atoms with Gasteiger partial charge in [-0.2, -0.15) is 5.10 Å². The molecule has 7 heteroatoms. The van der Waals surface area contributed by atoms with Crippen LogP contribution in [0.1, 0.15) is 46.3 Å². The number of hydrogen-bond acceptors (Lipinski definition) is 5. The van der Waals surface area contributed by atoms with Gasteiger partial charge in [-0.05, 0) is 31.4 Å². The smallest absolute Gasteiger partial charge is 0.250 e. The van der Waals surface area contributed by atoms with E-state index in [9.17, 15) is 9.59 Å². The van der Waals surface area contributed by atoms with E-state index in [0.717, 1.165) is 19.3 Å². The summed E-state index contributed by atoms with van der Waals surface area (Å²) in [5.41, 5.74) is 6.70. The third-order valence-electron chi connectivity index (χ3n) is 3.65. The second-order valence-electron chi connectivity index (χ2n) is 5.11. The standard InChI is InChI=1S/C15H16N4O3/c16-15(21)10-4-3-6-17-14(10)11-8-19(18-12(11)9-20)13-5-1-2-7-22-13/h3-4,6,8-9,13H,1-2,5,7H2,(H2,16,21).